The third-order valence-corrected chi connectivity index (χ3v) is 5.04. The number of carbonyl (C=O) groups is 3. The standard InChI is InChI=1S/C21H20BrN3O4/c1-3-14-6-4-5-7-16(14)23-19(26)12-25-20(27)17(24-21(25)28)11-13-8-9-18(29-2)15(22)10-13/h4-11H,3,12H2,1-2H3,(H,23,26)(H,24,28)/b17-11+. The number of anilines is 1. The first-order valence-electron chi connectivity index (χ1n) is 8.98. The normalized spacial score (nSPS) is 14.9. The Bertz CT molecular complexity index is 1000. The molecule has 29 heavy (non-hydrogen) atoms. The zero-order valence-electron chi connectivity index (χ0n) is 16.0. The van der Waals surface area contributed by atoms with Crippen LogP contribution in [0.2, 0.25) is 0 Å². The van der Waals surface area contributed by atoms with E-state index in [-0.39, 0.29) is 12.2 Å². The van der Waals surface area contributed by atoms with Crippen LogP contribution in [0.25, 0.3) is 6.08 Å². The molecule has 0 spiro atoms. The number of rotatable bonds is 6. The van der Waals surface area contributed by atoms with Crippen molar-refractivity contribution in [2.45, 2.75) is 13.3 Å². The molecule has 1 aliphatic rings. The van der Waals surface area contributed by atoms with Gasteiger partial charge in [0.2, 0.25) is 5.91 Å². The first-order valence-corrected chi connectivity index (χ1v) is 9.78. The molecular weight excluding hydrogens is 438 g/mol. The highest BCUT2D eigenvalue weighted by atomic mass is 79.9. The Hall–Kier alpha value is -3.13. The fourth-order valence-corrected chi connectivity index (χ4v) is 3.50. The molecule has 0 bridgehead atoms. The van der Waals surface area contributed by atoms with Gasteiger partial charge in [-0.05, 0) is 57.8 Å². The highest BCUT2D eigenvalue weighted by Crippen LogP contribution is 2.27. The van der Waals surface area contributed by atoms with Crippen molar-refractivity contribution >= 4 is 45.5 Å². The van der Waals surface area contributed by atoms with E-state index in [9.17, 15) is 14.4 Å². The molecule has 7 nitrogen and oxygen atoms in total. The number of aryl methyl sites for hydroxylation is 1. The molecule has 1 fully saturated rings. The number of nitrogens with one attached hydrogen (secondary N) is 2. The number of methoxy groups -OCH3 is 1. The molecule has 1 saturated heterocycles. The fourth-order valence-electron chi connectivity index (χ4n) is 2.94. The number of imide groups is 1. The summed E-state index contributed by atoms with van der Waals surface area (Å²) in [5, 5.41) is 5.28. The van der Waals surface area contributed by atoms with E-state index in [0.717, 1.165) is 21.4 Å². The summed E-state index contributed by atoms with van der Waals surface area (Å²) < 4.78 is 5.90. The minimum Gasteiger partial charge on any atom is -0.496 e. The first kappa shape index (κ1) is 20.6. The molecule has 0 unspecified atom stereocenters. The average molecular weight is 458 g/mol. The van der Waals surface area contributed by atoms with Crippen LogP contribution in [-0.4, -0.2) is 36.4 Å². The molecule has 1 heterocycles. The molecule has 3 rings (SSSR count). The molecule has 2 aromatic carbocycles. The molecular formula is C21H20BrN3O4. The van der Waals surface area contributed by atoms with Gasteiger partial charge in [-0.2, -0.15) is 0 Å². The molecule has 8 heteroatoms. The smallest absolute Gasteiger partial charge is 0.329 e. The Balaban J connectivity index is 1.72. The van der Waals surface area contributed by atoms with Gasteiger partial charge in [0, 0.05) is 5.69 Å². The van der Waals surface area contributed by atoms with E-state index < -0.39 is 17.8 Å². The van der Waals surface area contributed by atoms with E-state index in [1.807, 2.05) is 25.1 Å². The second kappa shape index (κ2) is 8.91. The number of urea groups is 1. The minimum absolute atomic E-state index is 0.105. The van der Waals surface area contributed by atoms with Gasteiger partial charge in [0.15, 0.2) is 0 Å². The lowest BCUT2D eigenvalue weighted by molar-refractivity contribution is -0.127. The van der Waals surface area contributed by atoms with Crippen LogP contribution in [0.4, 0.5) is 10.5 Å². The number of para-hydroxylation sites is 1. The van der Waals surface area contributed by atoms with E-state index in [1.54, 1.807) is 37.5 Å². The van der Waals surface area contributed by atoms with Gasteiger partial charge in [-0.15, -0.1) is 0 Å². The van der Waals surface area contributed by atoms with E-state index in [0.29, 0.717) is 17.0 Å². The van der Waals surface area contributed by atoms with Crippen LogP contribution < -0.4 is 15.4 Å². The molecule has 0 saturated carbocycles. The van der Waals surface area contributed by atoms with Crippen molar-refractivity contribution in [2.75, 3.05) is 19.0 Å². The Kier molecular flexibility index (Phi) is 6.33. The summed E-state index contributed by atoms with van der Waals surface area (Å²) in [7, 11) is 1.56. The Morgan fingerprint density at radius 2 is 2.00 bits per heavy atom. The monoisotopic (exact) mass is 457 g/mol. The van der Waals surface area contributed by atoms with Gasteiger partial charge in [0.1, 0.15) is 18.0 Å². The highest BCUT2D eigenvalue weighted by molar-refractivity contribution is 9.10. The van der Waals surface area contributed by atoms with Crippen molar-refractivity contribution in [3.8, 4) is 5.75 Å². The third-order valence-electron chi connectivity index (χ3n) is 4.42. The molecule has 0 atom stereocenters. The van der Waals surface area contributed by atoms with Crippen LogP contribution in [0.5, 0.6) is 5.75 Å². The lowest BCUT2D eigenvalue weighted by atomic mass is 10.1. The quantitative estimate of drug-likeness (QED) is 0.512. The van der Waals surface area contributed by atoms with E-state index in [1.165, 1.54) is 0 Å². The number of amides is 4. The van der Waals surface area contributed by atoms with E-state index in [4.69, 9.17) is 4.74 Å². The zero-order chi connectivity index (χ0) is 21.0. The maximum absolute atomic E-state index is 12.6. The van der Waals surface area contributed by atoms with Gasteiger partial charge in [0.25, 0.3) is 5.91 Å². The predicted octanol–water partition coefficient (Wildman–Crippen LogP) is 3.55. The van der Waals surface area contributed by atoms with E-state index in [2.05, 4.69) is 26.6 Å². The summed E-state index contributed by atoms with van der Waals surface area (Å²) in [6.07, 6.45) is 2.30. The van der Waals surface area contributed by atoms with Gasteiger partial charge in [-0.1, -0.05) is 31.2 Å². The summed E-state index contributed by atoms with van der Waals surface area (Å²) >= 11 is 3.38. The van der Waals surface area contributed by atoms with Gasteiger partial charge in [-0.25, -0.2) is 9.69 Å². The summed E-state index contributed by atoms with van der Waals surface area (Å²) in [6, 6.07) is 12.0. The molecule has 150 valence electrons. The van der Waals surface area contributed by atoms with Gasteiger partial charge in [-0.3, -0.25) is 9.59 Å². The largest absolute Gasteiger partial charge is 0.496 e. The van der Waals surface area contributed by atoms with Gasteiger partial charge < -0.3 is 15.4 Å². The van der Waals surface area contributed by atoms with Crippen molar-refractivity contribution < 1.29 is 19.1 Å². The maximum Gasteiger partial charge on any atom is 0.329 e. The summed E-state index contributed by atoms with van der Waals surface area (Å²) in [6.45, 7) is 1.61. The van der Waals surface area contributed by atoms with Crippen molar-refractivity contribution in [2.24, 2.45) is 0 Å². The number of carbonyl (C=O) groups excluding carboxylic acids is 3. The van der Waals surface area contributed by atoms with Crippen LogP contribution in [0, 0.1) is 0 Å². The number of hydrogen-bond donors (Lipinski definition) is 2. The van der Waals surface area contributed by atoms with Crippen molar-refractivity contribution in [1.82, 2.24) is 10.2 Å². The fraction of sp³-hybridized carbons (Fsp3) is 0.190. The van der Waals surface area contributed by atoms with Crippen molar-refractivity contribution in [3.05, 3.63) is 63.8 Å². The zero-order valence-corrected chi connectivity index (χ0v) is 17.6. The Morgan fingerprint density at radius 1 is 1.24 bits per heavy atom. The average Bonchev–Trinajstić information content (AvgIpc) is 2.96. The van der Waals surface area contributed by atoms with Gasteiger partial charge >= 0.3 is 6.03 Å². The van der Waals surface area contributed by atoms with Crippen LogP contribution in [0.15, 0.2) is 52.6 Å². The van der Waals surface area contributed by atoms with Crippen LogP contribution in [-0.2, 0) is 16.0 Å². The van der Waals surface area contributed by atoms with E-state index >= 15 is 0 Å². The molecule has 0 radical (unpaired) electrons. The molecule has 0 aromatic heterocycles. The predicted molar refractivity (Wildman–Crippen MR) is 113 cm³/mol. The second-order valence-electron chi connectivity index (χ2n) is 6.33. The van der Waals surface area contributed by atoms with Crippen molar-refractivity contribution in [1.29, 1.82) is 0 Å². The molecule has 2 N–H and O–H groups in total. The number of halogens is 1. The van der Waals surface area contributed by atoms with Crippen LogP contribution in [0.3, 0.4) is 0 Å². The molecule has 4 amide bonds. The second-order valence-corrected chi connectivity index (χ2v) is 7.19. The Labute approximate surface area is 176 Å². The summed E-state index contributed by atoms with van der Waals surface area (Å²) in [4.78, 5) is 38.1. The first-order chi connectivity index (χ1) is 13.9. The summed E-state index contributed by atoms with van der Waals surface area (Å²) in [5.41, 5.74) is 2.45. The van der Waals surface area contributed by atoms with Crippen LogP contribution in [0.1, 0.15) is 18.1 Å². The highest BCUT2D eigenvalue weighted by Gasteiger charge is 2.35. The van der Waals surface area contributed by atoms with Crippen molar-refractivity contribution in [3.63, 3.8) is 0 Å². The SMILES string of the molecule is CCc1ccccc1NC(=O)CN1C(=O)N/C(=C/c2ccc(OC)c(Br)c2)C1=O. The maximum atomic E-state index is 12.6. The molecule has 2 aromatic rings. The number of benzene rings is 2. The Morgan fingerprint density at radius 3 is 2.69 bits per heavy atom. The third kappa shape index (κ3) is 4.65. The number of ether oxygens (including phenoxy) is 1. The van der Waals surface area contributed by atoms with Crippen LogP contribution >= 0.6 is 15.9 Å². The number of nitrogens with zero attached hydrogens (tertiary/aromatic N) is 1. The lowest BCUT2D eigenvalue weighted by Crippen LogP contribution is -2.38. The topological polar surface area (TPSA) is 87.7 Å². The molecule has 1 aliphatic heterocycles. The van der Waals surface area contributed by atoms with Gasteiger partial charge in [0.05, 0.1) is 11.6 Å². The minimum atomic E-state index is -0.632. The number of hydrogen-bond acceptors (Lipinski definition) is 4. The molecule has 0 aliphatic carbocycles. The lowest BCUT2D eigenvalue weighted by Gasteiger charge is -2.13. The summed E-state index contributed by atoms with van der Waals surface area (Å²) in [5.74, 6) is -0.344.